The zero-order valence-electron chi connectivity index (χ0n) is 16.0. The van der Waals surface area contributed by atoms with Crippen molar-refractivity contribution in [3.05, 3.63) is 69.5 Å². The van der Waals surface area contributed by atoms with Crippen LogP contribution in [0.25, 0.3) is 11.1 Å². The minimum absolute atomic E-state index is 0.125. The summed E-state index contributed by atoms with van der Waals surface area (Å²) in [4.78, 5) is 25.5. The summed E-state index contributed by atoms with van der Waals surface area (Å²) < 4.78 is 0. The van der Waals surface area contributed by atoms with E-state index in [1.54, 1.807) is 18.2 Å². The summed E-state index contributed by atoms with van der Waals surface area (Å²) in [5.74, 6) is -0.261. The van der Waals surface area contributed by atoms with E-state index in [1.165, 1.54) is 11.3 Å². The van der Waals surface area contributed by atoms with Crippen LogP contribution in [0.15, 0.2) is 53.9 Å². The van der Waals surface area contributed by atoms with Crippen LogP contribution in [0.5, 0.6) is 0 Å². The number of halogens is 2. The average Bonchev–Trinajstić information content (AvgIpc) is 3.07. The van der Waals surface area contributed by atoms with Gasteiger partial charge in [0, 0.05) is 22.4 Å². The molecule has 1 aromatic heterocycles. The van der Waals surface area contributed by atoms with Crippen LogP contribution < -0.4 is 10.6 Å². The maximum Gasteiger partial charge on any atom is 0.259 e. The molecule has 7 heteroatoms. The number of thiophene rings is 1. The first kappa shape index (κ1) is 21.4. The highest BCUT2D eigenvalue weighted by atomic mass is 35.5. The first-order valence-corrected chi connectivity index (χ1v) is 10.7. The molecule has 0 aliphatic heterocycles. The van der Waals surface area contributed by atoms with E-state index >= 15 is 0 Å². The van der Waals surface area contributed by atoms with Crippen LogP contribution in [0.4, 0.5) is 10.7 Å². The second-order valence-corrected chi connectivity index (χ2v) is 8.67. The number of carbonyl (C=O) groups excluding carboxylic acids is 2. The summed E-state index contributed by atoms with van der Waals surface area (Å²) in [5.41, 5.74) is 2.49. The highest BCUT2D eigenvalue weighted by molar-refractivity contribution is 7.15. The smallest absolute Gasteiger partial charge is 0.259 e. The van der Waals surface area contributed by atoms with E-state index in [0.717, 1.165) is 11.1 Å². The molecule has 3 aromatic rings. The van der Waals surface area contributed by atoms with Crippen molar-refractivity contribution in [2.45, 2.75) is 20.3 Å². The lowest BCUT2D eigenvalue weighted by atomic mass is 10.0. The van der Waals surface area contributed by atoms with Crippen molar-refractivity contribution in [2.75, 3.05) is 10.6 Å². The van der Waals surface area contributed by atoms with Gasteiger partial charge >= 0.3 is 0 Å². The lowest BCUT2D eigenvalue weighted by molar-refractivity contribution is -0.116. The molecule has 2 N–H and O–H groups in total. The second-order valence-electron chi connectivity index (χ2n) is 6.94. The molecule has 0 fully saturated rings. The highest BCUT2D eigenvalue weighted by Crippen LogP contribution is 2.37. The van der Waals surface area contributed by atoms with E-state index in [-0.39, 0.29) is 17.7 Å². The number of rotatable bonds is 6. The molecule has 150 valence electrons. The minimum Gasteiger partial charge on any atom is -0.321 e. The van der Waals surface area contributed by atoms with Crippen molar-refractivity contribution in [1.29, 1.82) is 0 Å². The second kappa shape index (κ2) is 9.44. The van der Waals surface area contributed by atoms with Crippen LogP contribution in [0.2, 0.25) is 10.0 Å². The maximum absolute atomic E-state index is 13.2. The standard InChI is InChI=1S/C22H20Cl2N2O2S/c1-13(2)10-19(27)26-22-20(16(12-29-22)14-6-4-3-5-7-14)21(28)25-18-9-8-15(23)11-17(18)24/h3-9,11-13H,10H2,1-2H3,(H,25,28)(H,26,27). The summed E-state index contributed by atoms with van der Waals surface area (Å²) in [5, 5.41) is 8.92. The number of benzene rings is 2. The molecule has 1 heterocycles. The van der Waals surface area contributed by atoms with Gasteiger partial charge in [-0.1, -0.05) is 67.4 Å². The van der Waals surface area contributed by atoms with Crippen LogP contribution in [0.3, 0.4) is 0 Å². The Kier molecular flexibility index (Phi) is 6.96. The van der Waals surface area contributed by atoms with Gasteiger partial charge in [0.05, 0.1) is 16.3 Å². The monoisotopic (exact) mass is 446 g/mol. The van der Waals surface area contributed by atoms with Crippen LogP contribution >= 0.6 is 34.5 Å². The molecule has 0 unspecified atom stereocenters. The summed E-state index contributed by atoms with van der Waals surface area (Å²) in [6, 6.07) is 14.4. The van der Waals surface area contributed by atoms with E-state index in [1.807, 2.05) is 49.6 Å². The molecule has 2 amide bonds. The van der Waals surface area contributed by atoms with Gasteiger partial charge in [0.1, 0.15) is 5.00 Å². The quantitative estimate of drug-likeness (QED) is 0.429. The SMILES string of the molecule is CC(C)CC(=O)Nc1scc(-c2ccccc2)c1C(=O)Nc1ccc(Cl)cc1Cl. The Morgan fingerprint density at radius 2 is 1.76 bits per heavy atom. The summed E-state index contributed by atoms with van der Waals surface area (Å²) in [6.45, 7) is 3.94. The van der Waals surface area contributed by atoms with Crippen molar-refractivity contribution >= 4 is 57.0 Å². The fourth-order valence-corrected chi connectivity index (χ4v) is 4.27. The maximum atomic E-state index is 13.2. The fraction of sp³-hybridized carbons (Fsp3) is 0.182. The van der Waals surface area contributed by atoms with E-state index < -0.39 is 0 Å². The Labute approximate surface area is 183 Å². The third-order valence-electron chi connectivity index (χ3n) is 4.13. The number of nitrogens with one attached hydrogen (secondary N) is 2. The molecule has 0 bridgehead atoms. The van der Waals surface area contributed by atoms with Gasteiger partial charge in [-0.05, 0) is 29.7 Å². The molecule has 29 heavy (non-hydrogen) atoms. The lowest BCUT2D eigenvalue weighted by Gasteiger charge is -2.12. The summed E-state index contributed by atoms with van der Waals surface area (Å²) in [7, 11) is 0. The molecule has 0 saturated carbocycles. The van der Waals surface area contributed by atoms with Gasteiger partial charge in [-0.2, -0.15) is 0 Å². The Morgan fingerprint density at radius 1 is 1.03 bits per heavy atom. The first-order chi connectivity index (χ1) is 13.8. The third-order valence-corrected chi connectivity index (χ3v) is 5.57. The molecule has 0 aliphatic rings. The van der Waals surface area contributed by atoms with Gasteiger partial charge in [-0.15, -0.1) is 11.3 Å². The predicted molar refractivity (Wildman–Crippen MR) is 122 cm³/mol. The Balaban J connectivity index is 1.97. The molecule has 0 aliphatic carbocycles. The largest absolute Gasteiger partial charge is 0.321 e. The van der Waals surface area contributed by atoms with E-state index in [9.17, 15) is 9.59 Å². The molecular formula is C22H20Cl2N2O2S. The van der Waals surface area contributed by atoms with E-state index in [4.69, 9.17) is 23.2 Å². The van der Waals surface area contributed by atoms with Gasteiger partial charge in [0.25, 0.3) is 5.91 Å². The number of anilines is 2. The molecule has 3 rings (SSSR count). The van der Waals surface area contributed by atoms with Crippen LogP contribution in [0.1, 0.15) is 30.6 Å². The van der Waals surface area contributed by atoms with Gasteiger partial charge < -0.3 is 10.6 Å². The van der Waals surface area contributed by atoms with E-state index in [2.05, 4.69) is 10.6 Å². The number of hydrogen-bond donors (Lipinski definition) is 2. The molecular weight excluding hydrogens is 427 g/mol. The minimum atomic E-state index is -0.353. The first-order valence-electron chi connectivity index (χ1n) is 9.08. The third kappa shape index (κ3) is 5.38. The van der Waals surface area contributed by atoms with Gasteiger partial charge in [0.2, 0.25) is 5.91 Å². The molecule has 4 nitrogen and oxygen atoms in total. The van der Waals surface area contributed by atoms with Crippen LogP contribution in [-0.2, 0) is 4.79 Å². The Hall–Kier alpha value is -2.34. The zero-order chi connectivity index (χ0) is 21.0. The van der Waals surface area contributed by atoms with Crippen molar-refractivity contribution in [1.82, 2.24) is 0 Å². The van der Waals surface area contributed by atoms with Gasteiger partial charge in [-0.3, -0.25) is 9.59 Å². The van der Waals surface area contributed by atoms with Crippen molar-refractivity contribution in [2.24, 2.45) is 5.92 Å². The molecule has 0 spiro atoms. The van der Waals surface area contributed by atoms with Gasteiger partial charge in [0.15, 0.2) is 0 Å². The topological polar surface area (TPSA) is 58.2 Å². The molecule has 0 atom stereocenters. The van der Waals surface area contributed by atoms with Crippen molar-refractivity contribution in [3.63, 3.8) is 0 Å². The number of carbonyl (C=O) groups is 2. The highest BCUT2D eigenvalue weighted by Gasteiger charge is 2.22. The van der Waals surface area contributed by atoms with Crippen LogP contribution in [-0.4, -0.2) is 11.8 Å². The Bertz CT molecular complexity index is 1030. The summed E-state index contributed by atoms with van der Waals surface area (Å²) >= 11 is 13.5. The normalized spacial score (nSPS) is 10.8. The molecule has 0 saturated heterocycles. The van der Waals surface area contributed by atoms with Crippen molar-refractivity contribution < 1.29 is 9.59 Å². The predicted octanol–water partition coefficient (Wildman–Crippen LogP) is 6.96. The number of amides is 2. The van der Waals surface area contributed by atoms with Crippen LogP contribution in [0, 0.1) is 5.92 Å². The number of hydrogen-bond acceptors (Lipinski definition) is 3. The Morgan fingerprint density at radius 3 is 2.41 bits per heavy atom. The van der Waals surface area contributed by atoms with E-state index in [0.29, 0.717) is 32.7 Å². The fourth-order valence-electron chi connectivity index (χ4n) is 2.83. The van der Waals surface area contributed by atoms with Gasteiger partial charge in [-0.25, -0.2) is 0 Å². The molecule has 0 radical (unpaired) electrons. The lowest BCUT2D eigenvalue weighted by Crippen LogP contribution is -2.18. The average molecular weight is 447 g/mol. The van der Waals surface area contributed by atoms with Crippen molar-refractivity contribution in [3.8, 4) is 11.1 Å². The molecule has 2 aromatic carbocycles. The summed E-state index contributed by atoms with van der Waals surface area (Å²) in [6.07, 6.45) is 0.378. The zero-order valence-corrected chi connectivity index (χ0v) is 18.3.